The molecule has 0 radical (unpaired) electrons. The maximum Gasteiger partial charge on any atom is 0.269 e. The molecule has 8 nitrogen and oxygen atoms in total. The van der Waals surface area contributed by atoms with E-state index >= 15 is 0 Å². The highest BCUT2D eigenvalue weighted by Gasteiger charge is 2.44. The molecule has 1 aliphatic rings. The van der Waals surface area contributed by atoms with Crippen LogP contribution in [0.4, 0.5) is 15.8 Å². The Morgan fingerprint density at radius 1 is 1.09 bits per heavy atom. The summed E-state index contributed by atoms with van der Waals surface area (Å²) < 4.78 is 13.3. The number of amides is 3. The highest BCUT2D eigenvalue weighted by Crippen LogP contribution is 2.27. The van der Waals surface area contributed by atoms with Crippen molar-refractivity contribution in [2.75, 3.05) is 11.4 Å². The maximum atomic E-state index is 13.4. The predicted molar refractivity (Wildman–Crippen MR) is 127 cm³/mol. The summed E-state index contributed by atoms with van der Waals surface area (Å²) >= 11 is 6.06. The number of imide groups is 1. The number of carbonyl (C=O) groups excluding carboxylic acids is 3. The van der Waals surface area contributed by atoms with E-state index in [0.717, 1.165) is 22.6 Å². The van der Waals surface area contributed by atoms with Crippen molar-refractivity contribution < 1.29 is 23.7 Å². The molecule has 3 amide bonds. The van der Waals surface area contributed by atoms with Crippen LogP contribution in [0.15, 0.2) is 72.8 Å². The van der Waals surface area contributed by atoms with Gasteiger partial charge in [-0.25, -0.2) is 9.29 Å². The van der Waals surface area contributed by atoms with Gasteiger partial charge in [0.25, 0.3) is 17.5 Å². The molecule has 1 saturated heterocycles. The zero-order chi connectivity index (χ0) is 25.1. The standard InChI is InChI=1S/C25H19ClFN3O5/c26-18-3-1-2-16(14-18)12-13-28(24(32)17-4-8-21(9-5-17)30(34)35)22-15-23(31)29(25(22)33)20-10-6-19(27)7-11-20/h1-11,14,22H,12-13,15H2. The first-order chi connectivity index (χ1) is 16.7. The quantitative estimate of drug-likeness (QED) is 0.274. The van der Waals surface area contributed by atoms with E-state index < -0.39 is 34.5 Å². The second-order valence-electron chi connectivity index (χ2n) is 7.95. The van der Waals surface area contributed by atoms with E-state index in [9.17, 15) is 28.9 Å². The Morgan fingerprint density at radius 3 is 2.40 bits per heavy atom. The lowest BCUT2D eigenvalue weighted by atomic mass is 10.1. The fourth-order valence-corrected chi connectivity index (χ4v) is 4.17. The molecular formula is C25H19ClFN3O5. The Labute approximate surface area is 204 Å². The van der Waals surface area contributed by atoms with Gasteiger partial charge in [0.15, 0.2) is 0 Å². The van der Waals surface area contributed by atoms with E-state index in [-0.39, 0.29) is 29.9 Å². The van der Waals surface area contributed by atoms with Crippen molar-refractivity contribution in [2.45, 2.75) is 18.9 Å². The number of benzene rings is 3. The summed E-state index contributed by atoms with van der Waals surface area (Å²) in [7, 11) is 0. The zero-order valence-electron chi connectivity index (χ0n) is 18.3. The van der Waals surface area contributed by atoms with E-state index in [0.29, 0.717) is 11.4 Å². The van der Waals surface area contributed by atoms with Crippen LogP contribution >= 0.6 is 11.6 Å². The molecule has 35 heavy (non-hydrogen) atoms. The Balaban J connectivity index is 1.64. The van der Waals surface area contributed by atoms with Crippen LogP contribution in [-0.4, -0.2) is 40.1 Å². The monoisotopic (exact) mass is 495 g/mol. The summed E-state index contributed by atoms with van der Waals surface area (Å²) in [6, 6.07) is 15.9. The molecule has 1 atom stereocenters. The molecule has 0 saturated carbocycles. The van der Waals surface area contributed by atoms with Gasteiger partial charge in [0, 0.05) is 29.3 Å². The minimum atomic E-state index is -1.09. The van der Waals surface area contributed by atoms with Crippen LogP contribution in [0, 0.1) is 15.9 Å². The Kier molecular flexibility index (Phi) is 6.88. The Bertz CT molecular complexity index is 1300. The van der Waals surface area contributed by atoms with Gasteiger partial charge in [-0.1, -0.05) is 23.7 Å². The largest absolute Gasteiger partial charge is 0.326 e. The first-order valence-electron chi connectivity index (χ1n) is 10.7. The number of nitro benzene ring substituents is 1. The molecule has 0 bridgehead atoms. The minimum absolute atomic E-state index is 0.0944. The molecular weight excluding hydrogens is 477 g/mol. The van der Waals surface area contributed by atoms with Gasteiger partial charge in [0.2, 0.25) is 5.91 Å². The fourth-order valence-electron chi connectivity index (χ4n) is 3.95. The lowest BCUT2D eigenvalue weighted by molar-refractivity contribution is -0.384. The van der Waals surface area contributed by atoms with Crippen LogP contribution < -0.4 is 4.90 Å². The number of anilines is 1. The van der Waals surface area contributed by atoms with Gasteiger partial charge in [-0.15, -0.1) is 0 Å². The van der Waals surface area contributed by atoms with E-state index in [1.807, 2.05) is 6.07 Å². The van der Waals surface area contributed by atoms with Gasteiger partial charge in [-0.2, -0.15) is 0 Å². The van der Waals surface area contributed by atoms with Crippen LogP contribution in [-0.2, 0) is 16.0 Å². The van der Waals surface area contributed by atoms with Crippen LogP contribution in [0.2, 0.25) is 5.02 Å². The third kappa shape index (κ3) is 5.20. The summed E-state index contributed by atoms with van der Waals surface area (Å²) in [5.74, 6) is -2.19. The number of hydrogen-bond donors (Lipinski definition) is 0. The summed E-state index contributed by atoms with van der Waals surface area (Å²) in [5.41, 5.74) is 0.997. The van der Waals surface area contributed by atoms with Gasteiger partial charge < -0.3 is 4.90 Å². The first kappa shape index (κ1) is 24.0. The highest BCUT2D eigenvalue weighted by molar-refractivity contribution is 6.30. The zero-order valence-corrected chi connectivity index (χ0v) is 19.0. The summed E-state index contributed by atoms with van der Waals surface area (Å²) in [6.07, 6.45) is 0.109. The van der Waals surface area contributed by atoms with Gasteiger partial charge in [0.05, 0.1) is 17.0 Å². The number of rotatable bonds is 7. The lowest BCUT2D eigenvalue weighted by Crippen LogP contribution is -2.46. The molecule has 1 unspecified atom stereocenters. The van der Waals surface area contributed by atoms with Gasteiger partial charge in [-0.05, 0) is 60.5 Å². The highest BCUT2D eigenvalue weighted by atomic mass is 35.5. The number of halogens is 2. The number of nitrogens with zero attached hydrogens (tertiary/aromatic N) is 3. The number of non-ortho nitro benzene ring substituents is 1. The van der Waals surface area contributed by atoms with Crippen molar-refractivity contribution in [1.82, 2.24) is 4.90 Å². The third-order valence-corrected chi connectivity index (χ3v) is 5.94. The van der Waals surface area contributed by atoms with Crippen molar-refractivity contribution >= 4 is 40.7 Å². The van der Waals surface area contributed by atoms with Crippen molar-refractivity contribution in [3.05, 3.63) is 105 Å². The second kappa shape index (κ2) is 10.0. The Hall–Kier alpha value is -4.11. The number of nitro groups is 1. The molecule has 0 N–H and O–H groups in total. The average Bonchev–Trinajstić information content (AvgIpc) is 3.13. The van der Waals surface area contributed by atoms with Crippen LogP contribution in [0.3, 0.4) is 0 Å². The molecule has 10 heteroatoms. The molecule has 3 aromatic rings. The summed E-state index contributed by atoms with van der Waals surface area (Å²) in [5, 5.41) is 11.5. The molecule has 3 aromatic carbocycles. The van der Waals surface area contributed by atoms with Crippen LogP contribution in [0.1, 0.15) is 22.3 Å². The topological polar surface area (TPSA) is 101 Å². The van der Waals surface area contributed by atoms with E-state index in [2.05, 4.69) is 0 Å². The summed E-state index contributed by atoms with van der Waals surface area (Å²) in [6.45, 7) is 0.0944. The smallest absolute Gasteiger partial charge is 0.269 e. The minimum Gasteiger partial charge on any atom is -0.326 e. The van der Waals surface area contributed by atoms with Crippen molar-refractivity contribution in [2.24, 2.45) is 0 Å². The molecule has 1 heterocycles. The second-order valence-corrected chi connectivity index (χ2v) is 8.38. The Morgan fingerprint density at radius 2 is 1.77 bits per heavy atom. The first-order valence-corrected chi connectivity index (χ1v) is 11.0. The lowest BCUT2D eigenvalue weighted by Gasteiger charge is -2.28. The van der Waals surface area contributed by atoms with Crippen molar-refractivity contribution in [1.29, 1.82) is 0 Å². The van der Waals surface area contributed by atoms with Gasteiger partial charge >= 0.3 is 0 Å². The van der Waals surface area contributed by atoms with Crippen molar-refractivity contribution in [3.8, 4) is 0 Å². The fraction of sp³-hybridized carbons (Fsp3) is 0.160. The SMILES string of the molecule is O=C1CC(N(CCc2cccc(Cl)c2)C(=O)c2ccc([N+](=O)[O-])cc2)C(=O)N1c1ccc(F)cc1. The predicted octanol–water partition coefficient (Wildman–Crippen LogP) is 4.40. The van der Waals surface area contributed by atoms with E-state index in [1.165, 1.54) is 41.3 Å². The molecule has 0 spiro atoms. The van der Waals surface area contributed by atoms with Gasteiger partial charge in [-0.3, -0.25) is 24.5 Å². The molecule has 0 aromatic heterocycles. The van der Waals surface area contributed by atoms with Crippen LogP contribution in [0.25, 0.3) is 0 Å². The van der Waals surface area contributed by atoms with E-state index in [1.54, 1.807) is 18.2 Å². The van der Waals surface area contributed by atoms with Gasteiger partial charge in [0.1, 0.15) is 11.9 Å². The molecule has 1 fully saturated rings. The van der Waals surface area contributed by atoms with Crippen molar-refractivity contribution in [3.63, 3.8) is 0 Å². The summed E-state index contributed by atoms with van der Waals surface area (Å²) in [4.78, 5) is 52.1. The molecule has 1 aliphatic heterocycles. The number of carbonyl (C=O) groups is 3. The third-order valence-electron chi connectivity index (χ3n) is 5.70. The molecule has 178 valence electrons. The average molecular weight is 496 g/mol. The molecule has 0 aliphatic carbocycles. The van der Waals surface area contributed by atoms with E-state index in [4.69, 9.17) is 11.6 Å². The molecule has 4 rings (SSSR count). The van der Waals surface area contributed by atoms with Crippen LogP contribution in [0.5, 0.6) is 0 Å². The normalized spacial score (nSPS) is 15.4. The maximum absolute atomic E-state index is 13.4. The number of hydrogen-bond acceptors (Lipinski definition) is 5.